The molecule has 6 heteroatoms. The normalized spacial score (nSPS) is 13.2. The summed E-state index contributed by atoms with van der Waals surface area (Å²) in [4.78, 5) is 1.92. The average molecular weight is 319 g/mol. The minimum Gasteiger partial charge on any atom is -0.373 e. The number of hydrogen-bond acceptors (Lipinski definition) is 4. The van der Waals surface area contributed by atoms with E-state index in [0.29, 0.717) is 18.0 Å². The van der Waals surface area contributed by atoms with Gasteiger partial charge in [0.1, 0.15) is 9.84 Å². The molecule has 0 aliphatic heterocycles. The molecule has 0 saturated heterocycles. The molecule has 1 unspecified atom stereocenters. The number of halogens is 1. The Balaban J connectivity index is 2.95. The fourth-order valence-electron chi connectivity index (χ4n) is 1.94. The third-order valence-electron chi connectivity index (χ3n) is 3.29. The van der Waals surface area contributed by atoms with Crippen LogP contribution in [-0.2, 0) is 16.3 Å². The molecule has 0 fully saturated rings. The highest BCUT2D eigenvalue weighted by atomic mass is 35.5. The predicted molar refractivity (Wildman–Crippen MR) is 86.4 cm³/mol. The van der Waals surface area contributed by atoms with Crippen LogP contribution in [0.3, 0.4) is 0 Å². The van der Waals surface area contributed by atoms with Gasteiger partial charge in [0.25, 0.3) is 0 Å². The highest BCUT2D eigenvalue weighted by Gasteiger charge is 2.14. The second-order valence-corrected chi connectivity index (χ2v) is 7.83. The molecule has 0 amide bonds. The first-order valence-electron chi connectivity index (χ1n) is 6.66. The summed E-state index contributed by atoms with van der Waals surface area (Å²) < 4.78 is 22.5. The molecule has 0 heterocycles. The van der Waals surface area contributed by atoms with Crippen LogP contribution in [0.4, 0.5) is 5.69 Å². The third kappa shape index (κ3) is 5.31. The molecule has 4 nitrogen and oxygen atoms in total. The van der Waals surface area contributed by atoms with Gasteiger partial charge in [-0.15, -0.1) is 0 Å². The summed E-state index contributed by atoms with van der Waals surface area (Å²) in [6.45, 7) is 2.47. The van der Waals surface area contributed by atoms with Crippen molar-refractivity contribution in [3.8, 4) is 0 Å². The van der Waals surface area contributed by atoms with Gasteiger partial charge in [0.05, 0.1) is 5.75 Å². The van der Waals surface area contributed by atoms with Crippen LogP contribution in [-0.4, -0.2) is 40.1 Å². The van der Waals surface area contributed by atoms with Gasteiger partial charge in [-0.1, -0.05) is 24.6 Å². The Kier molecular flexibility index (Phi) is 6.30. The summed E-state index contributed by atoms with van der Waals surface area (Å²) >= 11 is 6.26. The van der Waals surface area contributed by atoms with Gasteiger partial charge in [-0.25, -0.2) is 8.42 Å². The molecule has 0 aromatic heterocycles. The van der Waals surface area contributed by atoms with E-state index >= 15 is 0 Å². The molecular formula is C14H23ClN2O2S. The van der Waals surface area contributed by atoms with Crippen molar-refractivity contribution in [1.29, 1.82) is 0 Å². The zero-order valence-corrected chi connectivity index (χ0v) is 13.8. The fourth-order valence-corrected chi connectivity index (χ4v) is 2.79. The molecule has 2 N–H and O–H groups in total. The van der Waals surface area contributed by atoms with Gasteiger partial charge in [0.2, 0.25) is 0 Å². The molecule has 1 rings (SSSR count). The van der Waals surface area contributed by atoms with Crippen LogP contribution in [0.15, 0.2) is 18.2 Å². The van der Waals surface area contributed by atoms with E-state index in [2.05, 4.69) is 0 Å². The van der Waals surface area contributed by atoms with E-state index in [1.807, 2.05) is 37.1 Å². The Labute approximate surface area is 126 Å². The average Bonchev–Trinajstić information content (AvgIpc) is 2.37. The van der Waals surface area contributed by atoms with Gasteiger partial charge in [0.15, 0.2) is 0 Å². The lowest BCUT2D eigenvalue weighted by Crippen LogP contribution is -2.28. The Morgan fingerprint density at radius 1 is 1.40 bits per heavy atom. The minimum absolute atomic E-state index is 0.0527. The maximum Gasteiger partial charge on any atom is 0.149 e. The van der Waals surface area contributed by atoms with Crippen molar-refractivity contribution < 1.29 is 8.42 Å². The summed E-state index contributed by atoms with van der Waals surface area (Å²) in [6, 6.07) is 5.71. The van der Waals surface area contributed by atoms with Crippen LogP contribution >= 0.6 is 11.6 Å². The van der Waals surface area contributed by atoms with Gasteiger partial charge in [-0.2, -0.15) is 0 Å². The Morgan fingerprint density at radius 3 is 2.60 bits per heavy atom. The zero-order chi connectivity index (χ0) is 15.3. The lowest BCUT2D eigenvalue weighted by molar-refractivity contribution is 0.601. The molecule has 0 spiro atoms. The van der Waals surface area contributed by atoms with Gasteiger partial charge in [0, 0.05) is 36.6 Å². The van der Waals surface area contributed by atoms with Gasteiger partial charge in [-0.05, 0) is 30.5 Å². The highest BCUT2D eigenvalue weighted by Crippen LogP contribution is 2.28. The largest absolute Gasteiger partial charge is 0.373 e. The number of sulfone groups is 1. The topological polar surface area (TPSA) is 63.4 Å². The number of rotatable bonds is 7. The molecule has 0 bridgehead atoms. The van der Waals surface area contributed by atoms with E-state index in [1.54, 1.807) is 0 Å². The molecule has 0 radical (unpaired) electrons. The number of anilines is 1. The van der Waals surface area contributed by atoms with Crippen molar-refractivity contribution >= 4 is 27.1 Å². The third-order valence-corrected chi connectivity index (χ3v) is 4.57. The molecule has 0 saturated carbocycles. The Morgan fingerprint density at radius 2 is 2.05 bits per heavy atom. The van der Waals surface area contributed by atoms with Crippen molar-refractivity contribution in [2.75, 3.05) is 30.5 Å². The smallest absolute Gasteiger partial charge is 0.149 e. The van der Waals surface area contributed by atoms with E-state index in [1.165, 1.54) is 6.26 Å². The maximum absolute atomic E-state index is 11.3. The zero-order valence-electron chi connectivity index (χ0n) is 12.3. The summed E-state index contributed by atoms with van der Waals surface area (Å²) in [7, 11) is -1.10. The van der Waals surface area contributed by atoms with Crippen molar-refractivity contribution in [3.05, 3.63) is 28.8 Å². The van der Waals surface area contributed by atoms with E-state index < -0.39 is 9.84 Å². The van der Waals surface area contributed by atoms with Crippen molar-refractivity contribution in [3.63, 3.8) is 0 Å². The van der Waals surface area contributed by atoms with Gasteiger partial charge < -0.3 is 10.6 Å². The summed E-state index contributed by atoms with van der Waals surface area (Å²) in [5.74, 6) is 0.120. The molecular weight excluding hydrogens is 296 g/mol. The van der Waals surface area contributed by atoms with E-state index in [9.17, 15) is 8.42 Å². The molecule has 0 aliphatic rings. The second-order valence-electron chi connectivity index (χ2n) is 5.16. The van der Waals surface area contributed by atoms with Crippen LogP contribution in [0, 0.1) is 0 Å². The van der Waals surface area contributed by atoms with Crippen molar-refractivity contribution in [1.82, 2.24) is 0 Å². The summed E-state index contributed by atoms with van der Waals surface area (Å²) in [5.41, 5.74) is 7.95. The Bertz CT molecular complexity index is 546. The molecule has 1 atom stereocenters. The quantitative estimate of drug-likeness (QED) is 0.836. The van der Waals surface area contributed by atoms with E-state index in [0.717, 1.165) is 17.7 Å². The molecule has 1 aromatic rings. The van der Waals surface area contributed by atoms with E-state index in [-0.39, 0.29) is 11.8 Å². The molecule has 1 aromatic carbocycles. The monoisotopic (exact) mass is 318 g/mol. The summed E-state index contributed by atoms with van der Waals surface area (Å²) in [5, 5.41) is 0.678. The van der Waals surface area contributed by atoms with Gasteiger partial charge in [-0.3, -0.25) is 0 Å². The highest BCUT2D eigenvalue weighted by molar-refractivity contribution is 7.90. The lowest BCUT2D eigenvalue weighted by atomic mass is 10.0. The second kappa shape index (κ2) is 7.29. The van der Waals surface area contributed by atoms with Crippen LogP contribution in [0.5, 0.6) is 0 Å². The SMILES string of the molecule is CCC(N)Cc1c(Cl)cccc1N(C)CCS(C)(=O)=O. The predicted octanol–water partition coefficient (Wildman–Crippen LogP) is 2.10. The first-order chi connectivity index (χ1) is 9.24. The Hall–Kier alpha value is -0.780. The van der Waals surface area contributed by atoms with E-state index in [4.69, 9.17) is 17.3 Å². The van der Waals surface area contributed by atoms with Crippen LogP contribution in [0.2, 0.25) is 5.02 Å². The number of nitrogens with zero attached hydrogens (tertiary/aromatic N) is 1. The molecule has 20 heavy (non-hydrogen) atoms. The fraction of sp³-hybridized carbons (Fsp3) is 0.571. The number of benzene rings is 1. The van der Waals surface area contributed by atoms with Crippen molar-refractivity contribution in [2.45, 2.75) is 25.8 Å². The summed E-state index contributed by atoms with van der Waals surface area (Å²) in [6.07, 6.45) is 2.80. The standard InChI is InChI=1S/C14H23ClN2O2S/c1-4-11(16)10-12-13(15)6-5-7-14(12)17(2)8-9-20(3,18)19/h5-7,11H,4,8-10,16H2,1-3H3. The van der Waals surface area contributed by atoms with Crippen LogP contribution < -0.4 is 10.6 Å². The minimum atomic E-state index is -2.98. The lowest BCUT2D eigenvalue weighted by Gasteiger charge is -2.24. The molecule has 0 aliphatic carbocycles. The number of hydrogen-bond donors (Lipinski definition) is 1. The first-order valence-corrected chi connectivity index (χ1v) is 9.10. The van der Waals surface area contributed by atoms with Crippen LogP contribution in [0.1, 0.15) is 18.9 Å². The van der Waals surface area contributed by atoms with Crippen LogP contribution in [0.25, 0.3) is 0 Å². The van der Waals surface area contributed by atoms with Crippen molar-refractivity contribution in [2.24, 2.45) is 5.73 Å². The maximum atomic E-state index is 11.3. The van der Waals surface area contributed by atoms with Gasteiger partial charge >= 0.3 is 0 Å². The number of nitrogens with two attached hydrogens (primary N) is 1. The first kappa shape index (κ1) is 17.3. The molecule has 114 valence electrons.